The van der Waals surface area contributed by atoms with E-state index in [0.29, 0.717) is 0 Å². The number of phenols is 3. The molecule has 2 aliphatic heterocycles. The highest BCUT2D eigenvalue weighted by molar-refractivity contribution is 6.78. The summed E-state index contributed by atoms with van der Waals surface area (Å²) in [6, 6.07) is 8.20. The van der Waals surface area contributed by atoms with Crippen molar-refractivity contribution in [3.63, 3.8) is 0 Å². The Bertz CT molecular complexity index is 1700. The van der Waals surface area contributed by atoms with E-state index in [2.05, 4.69) is 62.3 Å². The van der Waals surface area contributed by atoms with E-state index in [1.807, 2.05) is 0 Å². The van der Waals surface area contributed by atoms with Gasteiger partial charge in [0.05, 0.1) is 29.6 Å². The van der Waals surface area contributed by atoms with Gasteiger partial charge in [0.15, 0.2) is 11.5 Å². The zero-order chi connectivity index (χ0) is 37.6. The second-order valence-electron chi connectivity index (χ2n) is 14.6. The first-order chi connectivity index (χ1) is 23.9. The molecule has 3 aromatic rings. The van der Waals surface area contributed by atoms with Crippen molar-refractivity contribution >= 4 is 44.2 Å². The van der Waals surface area contributed by atoms with Crippen LogP contribution in [0.15, 0.2) is 40.8 Å². The molecule has 4 N–H and O–H groups in total. The summed E-state index contributed by atoms with van der Waals surface area (Å²) in [6.45, 7) is 19.6. The highest BCUT2D eigenvalue weighted by atomic mass is 28.5. The number of phenolic OH excluding ortho intramolecular Hbond substituents is 3. The van der Waals surface area contributed by atoms with Crippen LogP contribution in [-0.2, 0) is 28.8 Å². The van der Waals surface area contributed by atoms with Crippen LogP contribution in [-0.4, -0.2) is 80.1 Å². The molecule has 0 saturated carbocycles. The lowest BCUT2D eigenvalue weighted by atomic mass is 9.70. The van der Waals surface area contributed by atoms with Crippen LogP contribution in [0.2, 0.25) is 0 Å². The van der Waals surface area contributed by atoms with Gasteiger partial charge in [-0.05, 0) is 53.6 Å². The van der Waals surface area contributed by atoms with Crippen LogP contribution in [0.1, 0.15) is 62.3 Å². The van der Waals surface area contributed by atoms with Gasteiger partial charge >= 0.3 is 44.6 Å². The van der Waals surface area contributed by atoms with Gasteiger partial charge in [0, 0.05) is 32.4 Å². The van der Waals surface area contributed by atoms with E-state index in [9.17, 15) is 20.4 Å². The maximum absolute atomic E-state index is 11.0. The van der Waals surface area contributed by atoms with Crippen molar-refractivity contribution in [2.75, 3.05) is 14.2 Å². The van der Waals surface area contributed by atoms with Crippen LogP contribution in [0.4, 0.5) is 0 Å². The Kier molecular flexibility index (Phi) is 12.1. The number of aromatic hydroxyl groups is 4. The predicted octanol–water partition coefficient (Wildman–Crippen LogP) is 7.07. The van der Waals surface area contributed by atoms with E-state index in [1.54, 1.807) is 0 Å². The van der Waals surface area contributed by atoms with Crippen molar-refractivity contribution in [3.05, 3.63) is 36.4 Å². The van der Waals surface area contributed by atoms with Gasteiger partial charge < -0.3 is 53.0 Å². The molecule has 2 fully saturated rings. The molecular formula is C35H52AlO13Si2+. The number of benzene rings is 2. The second kappa shape index (κ2) is 15.5. The molecule has 2 bridgehead atoms. The monoisotopic (exact) mass is 763 g/mol. The molecule has 9 unspecified atom stereocenters. The first-order valence-corrected chi connectivity index (χ1v) is 22.1. The smallest absolute Gasteiger partial charge is 0.599 e. The second-order valence-corrected chi connectivity index (χ2v) is 21.4. The van der Waals surface area contributed by atoms with Crippen molar-refractivity contribution in [1.29, 1.82) is 0 Å². The Hall–Kier alpha value is -2.46. The minimum Gasteiger partial charge on any atom is -0.599 e. The average Bonchev–Trinajstić information content (AvgIpc) is 3.09. The topological polar surface area (TPSA) is 166 Å². The van der Waals surface area contributed by atoms with Gasteiger partial charge in [-0.1, -0.05) is 62.3 Å². The SMILES string of the molecule is CO[Si]12OC(C(C)C)C(C)C(C)C(C)C(C)C(C(C)C(C)C)O[Si](OC)([O][Al]([O]c3cc(O)c4cc(O)c(-c5ccc(O)c(O)c5)[o+]c4c3)[O]1)O2. The van der Waals surface area contributed by atoms with Crippen LogP contribution in [0, 0.1) is 41.4 Å². The third kappa shape index (κ3) is 8.07. The zero-order valence-electron chi connectivity index (χ0n) is 31.2. The van der Waals surface area contributed by atoms with Crippen LogP contribution in [0.3, 0.4) is 0 Å². The third-order valence-electron chi connectivity index (χ3n) is 10.8. The molecule has 280 valence electrons. The third-order valence-corrected chi connectivity index (χ3v) is 19.3. The zero-order valence-corrected chi connectivity index (χ0v) is 34.4. The molecule has 0 aliphatic carbocycles. The van der Waals surface area contributed by atoms with E-state index in [4.69, 9.17) is 37.0 Å². The first-order valence-electron chi connectivity index (χ1n) is 17.5. The Balaban J connectivity index is 1.59. The highest BCUT2D eigenvalue weighted by Crippen LogP contribution is 2.44. The summed E-state index contributed by atoms with van der Waals surface area (Å²) in [7, 11) is -5.25. The first kappa shape index (κ1) is 39.7. The van der Waals surface area contributed by atoms with Crippen molar-refractivity contribution in [3.8, 4) is 40.1 Å². The van der Waals surface area contributed by atoms with Crippen LogP contribution >= 0.6 is 0 Å². The summed E-state index contributed by atoms with van der Waals surface area (Å²) in [5.74, 6) is -0.0402. The van der Waals surface area contributed by atoms with Gasteiger partial charge in [0.1, 0.15) is 11.1 Å². The summed E-state index contributed by atoms with van der Waals surface area (Å²) in [5, 5.41) is 41.8. The summed E-state index contributed by atoms with van der Waals surface area (Å²) >= 11 is -3.38. The fraction of sp³-hybridized carbons (Fsp3) is 0.571. The number of rotatable bonds is 8. The quantitative estimate of drug-likeness (QED) is 0.105. The molecule has 2 saturated heterocycles. The highest BCUT2D eigenvalue weighted by Gasteiger charge is 2.72. The lowest BCUT2D eigenvalue weighted by Gasteiger charge is -2.45. The standard InChI is InChI=1S/C20H42O7Si2.C15H10O6.Al/c1-12(2)14(5)20-18(9)16(7)15(6)17(8)19(13(3)4)25-28(21,23-10)27-29(22,24-11)26-20;16-8-4-11(18)9-6-13(20)15(21-14(9)5-8)7-1-2-10(17)12(19)3-7;/h12-20H,1-11H3;1-6H,(H4-,16,17,18,19,20);/q-2;;+3. The molecule has 51 heavy (non-hydrogen) atoms. The summed E-state index contributed by atoms with van der Waals surface area (Å²) in [6.07, 6.45) is -0.632. The van der Waals surface area contributed by atoms with E-state index in [-0.39, 0.29) is 98.9 Å². The van der Waals surface area contributed by atoms with E-state index in [0.717, 1.165) is 0 Å². The lowest BCUT2D eigenvalue weighted by Crippen LogP contribution is -2.72. The molecular weight excluding hydrogens is 712 g/mol. The van der Waals surface area contributed by atoms with Gasteiger partial charge in [-0.25, -0.2) is 4.42 Å². The van der Waals surface area contributed by atoms with Gasteiger partial charge in [0.2, 0.25) is 5.75 Å². The Morgan fingerprint density at radius 2 is 1.29 bits per heavy atom. The van der Waals surface area contributed by atoms with Crippen molar-refractivity contribution in [1.82, 2.24) is 0 Å². The molecule has 0 radical (unpaired) electrons. The summed E-state index contributed by atoms with van der Waals surface area (Å²) < 4.78 is 58.0. The van der Waals surface area contributed by atoms with E-state index in [1.165, 1.54) is 50.6 Å². The van der Waals surface area contributed by atoms with Gasteiger partial charge in [0.25, 0.3) is 0 Å². The Morgan fingerprint density at radius 3 is 1.84 bits per heavy atom. The maximum Gasteiger partial charge on any atom is 0.988 e. The predicted molar refractivity (Wildman–Crippen MR) is 193 cm³/mol. The van der Waals surface area contributed by atoms with E-state index < -0.39 is 39.0 Å². The van der Waals surface area contributed by atoms with Crippen LogP contribution in [0.25, 0.3) is 22.3 Å². The number of fused-ring (bicyclic) bond motifs is 3. The van der Waals surface area contributed by atoms with Crippen LogP contribution in [0.5, 0.6) is 28.7 Å². The molecule has 0 amide bonds. The van der Waals surface area contributed by atoms with Gasteiger partial charge in [-0.3, -0.25) is 0 Å². The minimum atomic E-state index is -4.11. The summed E-state index contributed by atoms with van der Waals surface area (Å²) in [4.78, 5) is 0. The number of hydrogen-bond donors (Lipinski definition) is 4. The van der Waals surface area contributed by atoms with Crippen molar-refractivity contribution in [2.45, 2.75) is 74.5 Å². The van der Waals surface area contributed by atoms with Gasteiger partial charge in [-0.15, -0.1) is 0 Å². The molecule has 1 aromatic heterocycles. The molecule has 16 heteroatoms. The van der Waals surface area contributed by atoms with E-state index >= 15 is 0 Å². The average molecular weight is 764 g/mol. The van der Waals surface area contributed by atoms with Crippen LogP contribution < -0.4 is 3.79 Å². The molecule has 13 nitrogen and oxygen atoms in total. The van der Waals surface area contributed by atoms with Crippen molar-refractivity contribution < 1.29 is 57.4 Å². The molecule has 0 spiro atoms. The lowest BCUT2D eigenvalue weighted by molar-refractivity contribution is -0.0991. The molecule has 5 rings (SSSR count). The normalized spacial score (nSPS) is 31.1. The van der Waals surface area contributed by atoms with Crippen molar-refractivity contribution in [2.24, 2.45) is 41.4 Å². The largest absolute Gasteiger partial charge is 0.988 e. The van der Waals surface area contributed by atoms with Gasteiger partial charge in [-0.2, -0.15) is 0 Å². The summed E-state index contributed by atoms with van der Waals surface area (Å²) in [5.41, 5.74) is 0.433. The molecule has 2 aromatic carbocycles. The fourth-order valence-corrected chi connectivity index (χ4v) is 16.7. The number of hydrogen-bond acceptors (Lipinski definition) is 12. The molecule has 3 heterocycles. The Labute approximate surface area is 307 Å². The molecule has 2 aliphatic rings. The Morgan fingerprint density at radius 1 is 0.706 bits per heavy atom. The fourth-order valence-electron chi connectivity index (χ4n) is 6.93. The minimum absolute atomic E-state index is 0.00849. The maximum atomic E-state index is 11.0. The molecule has 9 atom stereocenters.